The van der Waals surface area contributed by atoms with E-state index >= 15 is 0 Å². The molecule has 1 fully saturated rings. The van der Waals surface area contributed by atoms with E-state index in [1.807, 2.05) is 24.5 Å². The molecule has 2 aromatic heterocycles. The molecule has 122 valence electrons. The molecule has 0 aromatic carbocycles. The summed E-state index contributed by atoms with van der Waals surface area (Å²) < 4.78 is 7.68. The zero-order valence-electron chi connectivity index (χ0n) is 13.3. The fourth-order valence-corrected chi connectivity index (χ4v) is 2.57. The highest BCUT2D eigenvalue weighted by Crippen LogP contribution is 2.21. The summed E-state index contributed by atoms with van der Waals surface area (Å²) in [6, 6.07) is 1.73. The molecule has 0 radical (unpaired) electrons. The lowest BCUT2D eigenvalue weighted by atomic mass is 10.2. The maximum absolute atomic E-state index is 12.4. The number of hydrogen-bond donors (Lipinski definition) is 1. The number of carbonyl (C=O) groups excluding carboxylic acids is 1. The normalized spacial score (nSPS) is 18.0. The first-order chi connectivity index (χ1) is 11.2. The maximum atomic E-state index is 12.4. The Hall–Kier alpha value is -2.48. The van der Waals surface area contributed by atoms with E-state index < -0.39 is 0 Å². The van der Waals surface area contributed by atoms with Crippen molar-refractivity contribution in [3.63, 3.8) is 0 Å². The van der Waals surface area contributed by atoms with Crippen molar-refractivity contribution in [3.05, 3.63) is 36.2 Å². The Kier molecular flexibility index (Phi) is 4.52. The number of pyridine rings is 1. The van der Waals surface area contributed by atoms with Gasteiger partial charge in [0.25, 0.3) is 0 Å². The Morgan fingerprint density at radius 3 is 3.13 bits per heavy atom. The molecule has 1 atom stereocenters. The van der Waals surface area contributed by atoms with Crippen LogP contribution in [0, 0.1) is 6.92 Å². The summed E-state index contributed by atoms with van der Waals surface area (Å²) in [5.41, 5.74) is 1.69. The molecule has 23 heavy (non-hydrogen) atoms. The number of nitrogens with zero attached hydrogens (tertiary/aromatic N) is 5. The summed E-state index contributed by atoms with van der Waals surface area (Å²) in [4.78, 5) is 18.2. The smallest absolute Gasteiger partial charge is 0.322 e. The third-order valence-corrected chi connectivity index (χ3v) is 3.75. The standard InChI is InChI=1S/C15H20N6O2/c1-3-20-10-17-19-14(20)13-9-21(4-5-23-13)15(22)18-12-6-11(2)7-16-8-12/h6-8,10,13H,3-5,9H2,1-2H3,(H,18,22)/t13-/m0/s1. The Morgan fingerprint density at radius 2 is 2.35 bits per heavy atom. The van der Waals surface area contributed by atoms with Crippen LogP contribution in [0.15, 0.2) is 24.8 Å². The van der Waals surface area contributed by atoms with Crippen molar-refractivity contribution in [2.75, 3.05) is 25.0 Å². The molecule has 1 N–H and O–H groups in total. The van der Waals surface area contributed by atoms with Crippen molar-refractivity contribution < 1.29 is 9.53 Å². The zero-order chi connectivity index (χ0) is 16.2. The van der Waals surface area contributed by atoms with Gasteiger partial charge in [-0.15, -0.1) is 10.2 Å². The Bertz CT molecular complexity index is 686. The van der Waals surface area contributed by atoms with Gasteiger partial charge in [0, 0.05) is 19.3 Å². The minimum absolute atomic E-state index is 0.159. The summed E-state index contributed by atoms with van der Waals surface area (Å²) in [7, 11) is 0. The third-order valence-electron chi connectivity index (χ3n) is 3.75. The number of aryl methyl sites for hydroxylation is 2. The first-order valence-corrected chi connectivity index (χ1v) is 7.64. The molecule has 2 aromatic rings. The Morgan fingerprint density at radius 1 is 1.48 bits per heavy atom. The molecule has 0 aliphatic carbocycles. The number of amides is 2. The number of morpholine rings is 1. The molecule has 0 bridgehead atoms. The van der Waals surface area contributed by atoms with Gasteiger partial charge in [0.05, 0.1) is 25.0 Å². The fraction of sp³-hybridized carbons (Fsp3) is 0.467. The molecular weight excluding hydrogens is 296 g/mol. The van der Waals surface area contributed by atoms with E-state index in [9.17, 15) is 4.79 Å². The van der Waals surface area contributed by atoms with Gasteiger partial charge in [-0.3, -0.25) is 4.98 Å². The van der Waals surface area contributed by atoms with E-state index in [1.165, 1.54) is 0 Å². The van der Waals surface area contributed by atoms with Crippen LogP contribution in [-0.4, -0.2) is 50.4 Å². The quantitative estimate of drug-likeness (QED) is 0.930. The van der Waals surface area contributed by atoms with Crippen molar-refractivity contribution in [3.8, 4) is 0 Å². The SMILES string of the molecule is CCn1cnnc1[C@@H]1CN(C(=O)Nc2cncc(C)c2)CCO1. The predicted molar refractivity (Wildman–Crippen MR) is 84.0 cm³/mol. The van der Waals surface area contributed by atoms with Crippen LogP contribution in [0.5, 0.6) is 0 Å². The van der Waals surface area contributed by atoms with Crippen molar-refractivity contribution in [2.24, 2.45) is 0 Å². The second-order valence-corrected chi connectivity index (χ2v) is 5.46. The van der Waals surface area contributed by atoms with E-state index in [2.05, 4.69) is 20.5 Å². The van der Waals surface area contributed by atoms with Gasteiger partial charge < -0.3 is 19.5 Å². The largest absolute Gasteiger partial charge is 0.366 e. The van der Waals surface area contributed by atoms with Crippen molar-refractivity contribution in [2.45, 2.75) is 26.5 Å². The van der Waals surface area contributed by atoms with Crippen LogP contribution in [0.2, 0.25) is 0 Å². The van der Waals surface area contributed by atoms with Crippen LogP contribution in [0.25, 0.3) is 0 Å². The average Bonchev–Trinajstić information content (AvgIpc) is 3.03. The molecule has 0 saturated carbocycles. The van der Waals surface area contributed by atoms with Gasteiger partial charge in [-0.25, -0.2) is 4.79 Å². The van der Waals surface area contributed by atoms with Crippen LogP contribution >= 0.6 is 0 Å². The molecule has 0 spiro atoms. The van der Waals surface area contributed by atoms with Crippen LogP contribution in [0.3, 0.4) is 0 Å². The monoisotopic (exact) mass is 316 g/mol. The van der Waals surface area contributed by atoms with Gasteiger partial charge in [0.1, 0.15) is 12.4 Å². The molecule has 2 amide bonds. The van der Waals surface area contributed by atoms with Crippen molar-refractivity contribution in [1.29, 1.82) is 0 Å². The third kappa shape index (κ3) is 3.48. The van der Waals surface area contributed by atoms with Gasteiger partial charge in [0.2, 0.25) is 0 Å². The molecule has 3 rings (SSSR count). The van der Waals surface area contributed by atoms with Gasteiger partial charge in [-0.1, -0.05) is 0 Å². The van der Waals surface area contributed by atoms with Crippen LogP contribution in [0.1, 0.15) is 24.4 Å². The molecule has 3 heterocycles. The maximum Gasteiger partial charge on any atom is 0.322 e. The van der Waals surface area contributed by atoms with Gasteiger partial charge >= 0.3 is 6.03 Å². The number of ether oxygens (including phenoxy) is 1. The van der Waals surface area contributed by atoms with Gasteiger partial charge in [0.15, 0.2) is 5.82 Å². The fourth-order valence-electron chi connectivity index (χ4n) is 2.57. The zero-order valence-corrected chi connectivity index (χ0v) is 13.3. The first-order valence-electron chi connectivity index (χ1n) is 7.64. The highest BCUT2D eigenvalue weighted by atomic mass is 16.5. The Labute approximate surface area is 134 Å². The average molecular weight is 316 g/mol. The highest BCUT2D eigenvalue weighted by Gasteiger charge is 2.28. The van der Waals surface area contributed by atoms with Crippen LogP contribution in [-0.2, 0) is 11.3 Å². The molecule has 1 aliphatic rings. The molecule has 1 aliphatic heterocycles. The van der Waals surface area contributed by atoms with E-state index in [4.69, 9.17) is 4.74 Å². The summed E-state index contributed by atoms with van der Waals surface area (Å²) in [5, 5.41) is 10.9. The van der Waals surface area contributed by atoms with Crippen LogP contribution in [0.4, 0.5) is 10.5 Å². The lowest BCUT2D eigenvalue weighted by molar-refractivity contribution is -0.0199. The molecule has 8 nitrogen and oxygen atoms in total. The number of carbonyl (C=O) groups is 1. The topological polar surface area (TPSA) is 85.2 Å². The van der Waals surface area contributed by atoms with Crippen LogP contribution < -0.4 is 5.32 Å². The minimum atomic E-state index is -0.257. The van der Waals surface area contributed by atoms with E-state index in [0.29, 0.717) is 25.4 Å². The predicted octanol–water partition coefficient (Wildman–Crippen LogP) is 1.61. The lowest BCUT2D eigenvalue weighted by Gasteiger charge is -2.32. The highest BCUT2D eigenvalue weighted by molar-refractivity contribution is 5.89. The van der Waals surface area contributed by atoms with Crippen molar-refractivity contribution in [1.82, 2.24) is 24.6 Å². The van der Waals surface area contributed by atoms with E-state index in [1.54, 1.807) is 23.6 Å². The molecular formula is C15H20N6O2. The second kappa shape index (κ2) is 6.74. The van der Waals surface area contributed by atoms with E-state index in [-0.39, 0.29) is 12.1 Å². The first kappa shape index (κ1) is 15.4. The lowest BCUT2D eigenvalue weighted by Crippen LogP contribution is -2.44. The summed E-state index contributed by atoms with van der Waals surface area (Å²) in [6.07, 6.45) is 4.80. The van der Waals surface area contributed by atoms with Crippen molar-refractivity contribution >= 4 is 11.7 Å². The number of aromatic nitrogens is 4. The number of hydrogen-bond acceptors (Lipinski definition) is 5. The molecule has 8 heteroatoms. The number of rotatable bonds is 3. The number of anilines is 1. The molecule has 1 saturated heterocycles. The summed E-state index contributed by atoms with van der Waals surface area (Å²) in [6.45, 7) is 6.19. The number of nitrogens with one attached hydrogen (secondary N) is 1. The van der Waals surface area contributed by atoms with E-state index in [0.717, 1.165) is 17.9 Å². The molecule has 0 unspecified atom stereocenters. The summed E-state index contributed by atoms with van der Waals surface area (Å²) >= 11 is 0. The number of urea groups is 1. The van der Waals surface area contributed by atoms with Gasteiger partial charge in [-0.05, 0) is 25.5 Å². The second-order valence-electron chi connectivity index (χ2n) is 5.46. The van der Waals surface area contributed by atoms with Gasteiger partial charge in [-0.2, -0.15) is 0 Å². The minimum Gasteiger partial charge on any atom is -0.366 e. The summed E-state index contributed by atoms with van der Waals surface area (Å²) in [5.74, 6) is 0.752. The Balaban J connectivity index is 1.67.